The minimum Gasteiger partial charge on any atom is -0.455 e. The summed E-state index contributed by atoms with van der Waals surface area (Å²) in [6, 6.07) is 14.3. The summed E-state index contributed by atoms with van der Waals surface area (Å²) < 4.78 is 18.6. The molecular formula is C40H49BrClN3O8. The van der Waals surface area contributed by atoms with E-state index in [0.29, 0.717) is 42.0 Å². The number of para-hydroxylation sites is 1. The van der Waals surface area contributed by atoms with Crippen LogP contribution in [0.1, 0.15) is 56.6 Å². The van der Waals surface area contributed by atoms with Crippen molar-refractivity contribution in [3.63, 3.8) is 0 Å². The van der Waals surface area contributed by atoms with Crippen LogP contribution >= 0.6 is 27.5 Å². The molecule has 2 aromatic rings. The lowest BCUT2D eigenvalue weighted by atomic mass is 9.70. The monoisotopic (exact) mass is 813 g/mol. The molecule has 3 saturated heterocycles. The lowest BCUT2D eigenvalue weighted by Crippen LogP contribution is -2.57. The number of benzene rings is 2. The van der Waals surface area contributed by atoms with E-state index < -0.39 is 47.7 Å². The number of unbranched alkanes of at least 4 members (excludes halogenated alkanes) is 3. The van der Waals surface area contributed by atoms with Crippen LogP contribution in [0.15, 0.2) is 79.9 Å². The minimum atomic E-state index is -1.34. The number of nitrogens with zero attached hydrogens (tertiary/aromatic N) is 2. The van der Waals surface area contributed by atoms with Crippen molar-refractivity contribution in [2.75, 3.05) is 38.3 Å². The van der Waals surface area contributed by atoms with E-state index >= 15 is 0 Å². The summed E-state index contributed by atoms with van der Waals surface area (Å²) in [4.78, 5) is 59.9. The van der Waals surface area contributed by atoms with Crippen LogP contribution in [0.4, 0.5) is 5.69 Å². The van der Waals surface area contributed by atoms with Gasteiger partial charge in [-0.2, -0.15) is 0 Å². The Balaban J connectivity index is 1.52. The highest BCUT2D eigenvalue weighted by molar-refractivity contribution is 9.09. The Morgan fingerprint density at radius 3 is 2.51 bits per heavy atom. The van der Waals surface area contributed by atoms with Crippen molar-refractivity contribution >= 4 is 56.9 Å². The summed E-state index contributed by atoms with van der Waals surface area (Å²) in [5.74, 6) is -3.71. The molecule has 3 amide bonds. The van der Waals surface area contributed by atoms with E-state index in [0.717, 1.165) is 12.8 Å². The van der Waals surface area contributed by atoms with Crippen molar-refractivity contribution in [1.29, 1.82) is 0 Å². The lowest BCUT2D eigenvalue weighted by molar-refractivity contribution is -0.163. The van der Waals surface area contributed by atoms with Crippen LogP contribution in [0.5, 0.6) is 0 Å². The molecule has 1 unspecified atom stereocenters. The fourth-order valence-electron chi connectivity index (χ4n) is 8.05. The highest BCUT2D eigenvalue weighted by Crippen LogP contribution is 2.60. The predicted molar refractivity (Wildman–Crippen MR) is 205 cm³/mol. The number of anilines is 1. The number of halogens is 2. The number of aliphatic hydroxyl groups excluding tert-OH is 1. The molecule has 0 saturated carbocycles. The summed E-state index contributed by atoms with van der Waals surface area (Å²) in [6.45, 7) is 8.07. The quantitative estimate of drug-likeness (QED) is 0.0771. The van der Waals surface area contributed by atoms with Crippen LogP contribution in [0.3, 0.4) is 0 Å². The van der Waals surface area contributed by atoms with Gasteiger partial charge in [0.15, 0.2) is 0 Å². The van der Waals surface area contributed by atoms with Gasteiger partial charge in [-0.05, 0) is 43.4 Å². The SMILES string of the molecule is C=CCCC(=O)N[C@H](COC)[C@H](OC(=O)[C@@H]1[C@H]2O[C@@]3(CC2Br)[C@H](C(=O)N(CC=C)c2ccccc2Cl)N(CCCCCCO)C(=O)[C@@H]13)c1ccccc1. The highest BCUT2D eigenvalue weighted by Gasteiger charge is 2.77. The van der Waals surface area contributed by atoms with Crippen LogP contribution < -0.4 is 10.2 Å². The molecule has 286 valence electrons. The smallest absolute Gasteiger partial charge is 0.313 e. The van der Waals surface area contributed by atoms with Crippen LogP contribution in [0.25, 0.3) is 0 Å². The summed E-state index contributed by atoms with van der Waals surface area (Å²) >= 11 is 10.4. The first-order chi connectivity index (χ1) is 25.6. The second-order valence-corrected chi connectivity index (χ2v) is 15.3. The first-order valence-corrected chi connectivity index (χ1v) is 19.5. The number of aliphatic hydroxyl groups is 1. The number of esters is 1. The number of likely N-dealkylation sites (tertiary alicyclic amines) is 1. The van der Waals surface area contributed by atoms with Gasteiger partial charge in [0.2, 0.25) is 11.8 Å². The number of methoxy groups -OCH3 is 1. The topological polar surface area (TPSA) is 135 Å². The summed E-state index contributed by atoms with van der Waals surface area (Å²) in [6.07, 6.45) is 5.24. The molecule has 13 heteroatoms. The molecule has 0 radical (unpaired) electrons. The zero-order chi connectivity index (χ0) is 38.1. The van der Waals surface area contributed by atoms with Gasteiger partial charge in [0, 0.05) is 38.1 Å². The zero-order valence-electron chi connectivity index (χ0n) is 30.0. The van der Waals surface area contributed by atoms with Gasteiger partial charge >= 0.3 is 5.97 Å². The Hall–Kier alpha value is -3.55. The normalized spacial score (nSPS) is 25.4. The van der Waals surface area contributed by atoms with Crippen molar-refractivity contribution in [3.05, 3.63) is 90.5 Å². The van der Waals surface area contributed by atoms with Gasteiger partial charge in [0.05, 0.1) is 41.3 Å². The molecule has 3 aliphatic heterocycles. The molecule has 53 heavy (non-hydrogen) atoms. The van der Waals surface area contributed by atoms with Gasteiger partial charge in [-0.3, -0.25) is 19.2 Å². The van der Waals surface area contributed by atoms with E-state index in [4.69, 9.17) is 25.8 Å². The molecule has 11 nitrogen and oxygen atoms in total. The van der Waals surface area contributed by atoms with Crippen molar-refractivity contribution < 1.29 is 38.5 Å². The van der Waals surface area contributed by atoms with Gasteiger partial charge in [-0.15, -0.1) is 13.2 Å². The molecule has 2 aromatic carbocycles. The maximum absolute atomic E-state index is 14.9. The fourth-order valence-corrected chi connectivity index (χ4v) is 9.23. The van der Waals surface area contributed by atoms with Gasteiger partial charge in [-0.25, -0.2) is 0 Å². The molecule has 8 atom stereocenters. The molecule has 1 spiro atoms. The Morgan fingerprint density at radius 1 is 1.11 bits per heavy atom. The zero-order valence-corrected chi connectivity index (χ0v) is 32.4. The number of amides is 3. The highest BCUT2D eigenvalue weighted by atomic mass is 79.9. The second-order valence-electron chi connectivity index (χ2n) is 13.7. The number of rotatable bonds is 20. The Kier molecular flexibility index (Phi) is 14.3. The van der Waals surface area contributed by atoms with Crippen LogP contribution in [0.2, 0.25) is 5.02 Å². The standard InChI is InChI=1S/C40H49BrClN3O8/c1-4-6-20-31(47)43-29(25-51-3)34(26-16-10-9-11-17-26)52-39(50)32-33-37(48)45(22-14-7-8-15-23-46)36(40(33)24-27(41)35(32)53-40)38(49)44(21-5-2)30-19-13-12-18-28(30)42/h4-5,9-13,16-19,27,29,32-36,46H,1-2,6-8,14-15,20-25H2,3H3,(H,43,47)/t27?,29-,32+,33-,34-,35+,36+,40-/m1/s1. The Labute approximate surface area is 324 Å². The summed E-state index contributed by atoms with van der Waals surface area (Å²) in [5.41, 5.74) is -0.232. The van der Waals surface area contributed by atoms with Crippen molar-refractivity contribution in [2.45, 2.75) is 79.7 Å². The first kappa shape index (κ1) is 40.6. The third kappa shape index (κ3) is 8.57. The largest absolute Gasteiger partial charge is 0.455 e. The van der Waals surface area contributed by atoms with E-state index in [9.17, 15) is 24.3 Å². The predicted octanol–water partition coefficient (Wildman–Crippen LogP) is 5.54. The van der Waals surface area contributed by atoms with Crippen molar-refractivity contribution in [2.24, 2.45) is 11.8 Å². The minimum absolute atomic E-state index is 0.0481. The van der Waals surface area contributed by atoms with E-state index in [2.05, 4.69) is 34.4 Å². The van der Waals surface area contributed by atoms with Gasteiger partial charge in [0.1, 0.15) is 17.7 Å². The first-order valence-electron chi connectivity index (χ1n) is 18.2. The third-order valence-electron chi connectivity index (χ3n) is 10.3. The van der Waals surface area contributed by atoms with Gasteiger partial charge in [0.25, 0.3) is 5.91 Å². The molecule has 3 fully saturated rings. The lowest BCUT2D eigenvalue weighted by Gasteiger charge is -2.37. The summed E-state index contributed by atoms with van der Waals surface area (Å²) in [7, 11) is 1.50. The van der Waals surface area contributed by atoms with E-state index in [1.807, 2.05) is 18.2 Å². The average Bonchev–Trinajstić information content (AvgIpc) is 3.75. The second kappa shape index (κ2) is 18.7. The molecule has 5 rings (SSSR count). The number of hydrogen-bond acceptors (Lipinski definition) is 8. The van der Waals surface area contributed by atoms with Gasteiger partial charge < -0.3 is 34.4 Å². The molecule has 2 N–H and O–H groups in total. The Bertz CT molecular complexity index is 1630. The van der Waals surface area contributed by atoms with E-state index in [1.165, 1.54) is 12.0 Å². The average molecular weight is 815 g/mol. The molecule has 3 aliphatic rings. The Morgan fingerprint density at radius 2 is 1.83 bits per heavy atom. The number of carbonyl (C=O) groups excluding carboxylic acids is 4. The van der Waals surface area contributed by atoms with Crippen LogP contribution in [-0.4, -0.2) is 95.7 Å². The van der Waals surface area contributed by atoms with Gasteiger partial charge in [-0.1, -0.05) is 95.0 Å². The number of ether oxygens (including phenoxy) is 3. The van der Waals surface area contributed by atoms with E-state index in [-0.39, 0.29) is 55.3 Å². The van der Waals surface area contributed by atoms with Crippen LogP contribution in [0, 0.1) is 11.8 Å². The number of nitrogens with one attached hydrogen (secondary N) is 1. The fraction of sp³-hybridized carbons (Fsp3) is 0.500. The van der Waals surface area contributed by atoms with Crippen molar-refractivity contribution in [1.82, 2.24) is 10.2 Å². The maximum atomic E-state index is 14.9. The molecule has 2 bridgehead atoms. The number of hydrogen-bond donors (Lipinski definition) is 2. The number of fused-ring (bicyclic) bond motifs is 1. The van der Waals surface area contributed by atoms with Crippen LogP contribution in [-0.2, 0) is 33.4 Å². The van der Waals surface area contributed by atoms with E-state index in [1.54, 1.807) is 53.5 Å². The number of alkyl halides is 1. The maximum Gasteiger partial charge on any atom is 0.313 e. The van der Waals surface area contributed by atoms with Crippen molar-refractivity contribution in [3.8, 4) is 0 Å². The molecule has 0 aromatic heterocycles. The third-order valence-corrected chi connectivity index (χ3v) is 11.5. The molecule has 3 heterocycles. The number of allylic oxidation sites excluding steroid dienone is 1. The number of carbonyl (C=O) groups is 4. The molecular weight excluding hydrogens is 766 g/mol. The molecule has 0 aliphatic carbocycles. The summed E-state index contributed by atoms with van der Waals surface area (Å²) in [5, 5.41) is 12.6.